The molecule has 0 atom stereocenters. The Morgan fingerprint density at radius 3 is 2.80 bits per heavy atom. The maximum atomic E-state index is 11.6. The minimum Gasteiger partial charge on any atom is -0.490 e. The highest BCUT2D eigenvalue weighted by Crippen LogP contribution is 2.07. The Balaban J connectivity index is 2.22. The Bertz CT molecular complexity index is 289. The number of halogens is 1. The lowest BCUT2D eigenvalue weighted by atomic mass is 10.4. The van der Waals surface area contributed by atoms with Crippen LogP contribution in [0.3, 0.4) is 0 Å². The SMILES string of the molecule is O=Cc1ccc(OCCOCCF)cn1. The van der Waals surface area contributed by atoms with Crippen molar-refractivity contribution < 1.29 is 18.7 Å². The average Bonchev–Trinajstić information content (AvgIpc) is 2.30. The molecule has 0 aliphatic heterocycles. The van der Waals surface area contributed by atoms with Gasteiger partial charge in [0.2, 0.25) is 0 Å². The van der Waals surface area contributed by atoms with Crippen LogP contribution in [0.25, 0.3) is 0 Å². The standard InChI is InChI=1S/C10H12FNO3/c11-3-4-14-5-6-15-10-2-1-9(8-13)12-7-10/h1-2,7-8H,3-6H2. The molecule has 1 heterocycles. The van der Waals surface area contributed by atoms with E-state index in [1.807, 2.05) is 0 Å². The molecule has 1 aromatic heterocycles. The number of ether oxygens (including phenoxy) is 2. The van der Waals surface area contributed by atoms with Crippen molar-refractivity contribution in [2.45, 2.75) is 0 Å². The minimum absolute atomic E-state index is 0.0890. The summed E-state index contributed by atoms with van der Waals surface area (Å²) in [5, 5.41) is 0. The van der Waals surface area contributed by atoms with E-state index >= 15 is 0 Å². The number of aldehydes is 1. The van der Waals surface area contributed by atoms with Gasteiger partial charge in [0.05, 0.1) is 19.4 Å². The Hall–Kier alpha value is -1.49. The van der Waals surface area contributed by atoms with E-state index in [4.69, 9.17) is 9.47 Å². The zero-order chi connectivity index (χ0) is 10.9. The summed E-state index contributed by atoms with van der Waals surface area (Å²) < 4.78 is 21.7. The minimum atomic E-state index is -0.490. The van der Waals surface area contributed by atoms with Crippen molar-refractivity contribution in [3.8, 4) is 5.75 Å². The average molecular weight is 213 g/mol. The van der Waals surface area contributed by atoms with Crippen molar-refractivity contribution in [1.29, 1.82) is 0 Å². The fourth-order valence-corrected chi connectivity index (χ4v) is 0.922. The molecule has 0 radical (unpaired) electrons. The van der Waals surface area contributed by atoms with Gasteiger partial charge in [-0.05, 0) is 12.1 Å². The number of aromatic nitrogens is 1. The zero-order valence-electron chi connectivity index (χ0n) is 8.19. The third-order valence-electron chi connectivity index (χ3n) is 1.60. The van der Waals surface area contributed by atoms with Crippen molar-refractivity contribution in [3.63, 3.8) is 0 Å². The Morgan fingerprint density at radius 2 is 2.20 bits per heavy atom. The van der Waals surface area contributed by atoms with Crippen LogP contribution in [0.1, 0.15) is 10.5 Å². The van der Waals surface area contributed by atoms with E-state index in [0.29, 0.717) is 30.9 Å². The highest BCUT2D eigenvalue weighted by atomic mass is 19.1. The Kier molecular flexibility index (Phi) is 5.32. The third-order valence-corrected chi connectivity index (χ3v) is 1.60. The molecule has 5 heteroatoms. The van der Waals surface area contributed by atoms with Crippen LogP contribution in [0, 0.1) is 0 Å². The van der Waals surface area contributed by atoms with Crippen LogP contribution >= 0.6 is 0 Å². The quantitative estimate of drug-likeness (QED) is 0.505. The van der Waals surface area contributed by atoms with Gasteiger partial charge in [0.1, 0.15) is 24.7 Å². The fraction of sp³-hybridized carbons (Fsp3) is 0.400. The molecule has 0 fully saturated rings. The summed E-state index contributed by atoms with van der Waals surface area (Å²) in [6.07, 6.45) is 2.12. The van der Waals surface area contributed by atoms with Crippen molar-refractivity contribution in [2.75, 3.05) is 26.5 Å². The molecule has 0 bridgehead atoms. The van der Waals surface area contributed by atoms with E-state index in [2.05, 4.69) is 4.98 Å². The maximum absolute atomic E-state index is 11.6. The van der Waals surface area contributed by atoms with Gasteiger partial charge < -0.3 is 9.47 Å². The molecule has 4 nitrogen and oxygen atoms in total. The van der Waals surface area contributed by atoms with Gasteiger partial charge in [0.15, 0.2) is 6.29 Å². The number of alkyl halides is 1. The number of carbonyl (C=O) groups is 1. The second-order valence-corrected chi connectivity index (χ2v) is 2.69. The van der Waals surface area contributed by atoms with E-state index in [1.54, 1.807) is 12.1 Å². The van der Waals surface area contributed by atoms with E-state index in [-0.39, 0.29) is 6.61 Å². The zero-order valence-corrected chi connectivity index (χ0v) is 8.19. The van der Waals surface area contributed by atoms with Gasteiger partial charge in [-0.1, -0.05) is 0 Å². The second kappa shape index (κ2) is 6.89. The molecule has 0 amide bonds. The summed E-state index contributed by atoms with van der Waals surface area (Å²) in [5.74, 6) is 0.560. The van der Waals surface area contributed by atoms with E-state index in [9.17, 15) is 9.18 Å². The maximum Gasteiger partial charge on any atom is 0.168 e. The van der Waals surface area contributed by atoms with Crippen LogP contribution in [-0.2, 0) is 4.74 Å². The number of hydrogen-bond donors (Lipinski definition) is 0. The summed E-state index contributed by atoms with van der Waals surface area (Å²) in [7, 11) is 0. The lowest BCUT2D eigenvalue weighted by Crippen LogP contribution is -2.08. The van der Waals surface area contributed by atoms with Gasteiger partial charge in [-0.15, -0.1) is 0 Å². The lowest BCUT2D eigenvalue weighted by Gasteiger charge is -2.05. The molecule has 0 aromatic carbocycles. The summed E-state index contributed by atoms with van der Waals surface area (Å²) in [5.41, 5.74) is 0.357. The summed E-state index contributed by atoms with van der Waals surface area (Å²) in [6.45, 7) is 0.267. The van der Waals surface area contributed by atoms with Gasteiger partial charge in [-0.3, -0.25) is 4.79 Å². The first-order chi connectivity index (χ1) is 7.36. The normalized spacial score (nSPS) is 9.93. The van der Waals surface area contributed by atoms with Gasteiger partial charge >= 0.3 is 0 Å². The highest BCUT2D eigenvalue weighted by molar-refractivity contribution is 5.71. The summed E-state index contributed by atoms with van der Waals surface area (Å²) in [4.78, 5) is 14.1. The molecule has 0 N–H and O–H groups in total. The molecule has 0 aliphatic rings. The number of rotatable bonds is 7. The molecular formula is C10H12FNO3. The molecule has 0 spiro atoms. The van der Waals surface area contributed by atoms with Gasteiger partial charge in [0, 0.05) is 0 Å². The summed E-state index contributed by atoms with van der Waals surface area (Å²) in [6, 6.07) is 3.21. The van der Waals surface area contributed by atoms with E-state index in [1.165, 1.54) is 6.20 Å². The predicted molar refractivity (Wildman–Crippen MR) is 51.9 cm³/mol. The first kappa shape index (κ1) is 11.6. The molecule has 0 saturated heterocycles. The van der Waals surface area contributed by atoms with Crippen LogP contribution in [0.15, 0.2) is 18.3 Å². The summed E-state index contributed by atoms with van der Waals surface area (Å²) >= 11 is 0. The lowest BCUT2D eigenvalue weighted by molar-refractivity contribution is 0.0896. The molecule has 0 unspecified atom stereocenters. The van der Waals surface area contributed by atoms with Crippen LogP contribution in [0.4, 0.5) is 4.39 Å². The van der Waals surface area contributed by atoms with E-state index in [0.717, 1.165) is 0 Å². The van der Waals surface area contributed by atoms with Gasteiger partial charge in [-0.2, -0.15) is 0 Å². The second-order valence-electron chi connectivity index (χ2n) is 2.69. The number of pyridine rings is 1. The predicted octanol–water partition coefficient (Wildman–Crippen LogP) is 1.26. The Labute approximate surface area is 87.0 Å². The van der Waals surface area contributed by atoms with Crippen LogP contribution in [-0.4, -0.2) is 37.8 Å². The third kappa shape index (κ3) is 4.51. The highest BCUT2D eigenvalue weighted by Gasteiger charge is 1.95. The topological polar surface area (TPSA) is 48.4 Å². The largest absolute Gasteiger partial charge is 0.490 e. The van der Waals surface area contributed by atoms with Crippen molar-refractivity contribution in [1.82, 2.24) is 4.98 Å². The molecule has 82 valence electrons. The number of nitrogens with zero attached hydrogens (tertiary/aromatic N) is 1. The molecule has 0 saturated carbocycles. The Morgan fingerprint density at radius 1 is 1.33 bits per heavy atom. The van der Waals surface area contributed by atoms with Crippen molar-refractivity contribution in [2.24, 2.45) is 0 Å². The fourth-order valence-electron chi connectivity index (χ4n) is 0.922. The van der Waals surface area contributed by atoms with Crippen molar-refractivity contribution in [3.05, 3.63) is 24.0 Å². The van der Waals surface area contributed by atoms with Gasteiger partial charge in [0.25, 0.3) is 0 Å². The first-order valence-corrected chi connectivity index (χ1v) is 4.54. The number of carbonyl (C=O) groups excluding carboxylic acids is 1. The molecule has 1 aromatic rings. The monoisotopic (exact) mass is 213 g/mol. The van der Waals surface area contributed by atoms with Crippen LogP contribution in [0.2, 0.25) is 0 Å². The van der Waals surface area contributed by atoms with Crippen LogP contribution in [0.5, 0.6) is 5.75 Å². The van der Waals surface area contributed by atoms with Crippen molar-refractivity contribution >= 4 is 6.29 Å². The molecule has 15 heavy (non-hydrogen) atoms. The molecule has 1 rings (SSSR count). The van der Waals surface area contributed by atoms with E-state index < -0.39 is 6.67 Å². The van der Waals surface area contributed by atoms with Gasteiger partial charge in [-0.25, -0.2) is 9.37 Å². The first-order valence-electron chi connectivity index (χ1n) is 4.54. The number of hydrogen-bond acceptors (Lipinski definition) is 4. The molecule has 0 aliphatic carbocycles. The molecular weight excluding hydrogens is 201 g/mol. The van der Waals surface area contributed by atoms with Crippen LogP contribution < -0.4 is 4.74 Å². The smallest absolute Gasteiger partial charge is 0.168 e.